The van der Waals surface area contributed by atoms with Gasteiger partial charge >= 0.3 is 0 Å². The fourth-order valence-electron chi connectivity index (χ4n) is 2.11. The van der Waals surface area contributed by atoms with Crippen LogP contribution in [0.4, 0.5) is 0 Å². The molecule has 0 heterocycles. The molecule has 0 radical (unpaired) electrons. The Hall–Kier alpha value is -2.62. The summed E-state index contributed by atoms with van der Waals surface area (Å²) in [6.07, 6.45) is 0. The molecule has 0 aliphatic rings. The zero-order valence-corrected chi connectivity index (χ0v) is 11.9. The first-order valence-electron chi connectivity index (χ1n) is 6.73. The van der Waals surface area contributed by atoms with Gasteiger partial charge in [-0.15, -0.1) is 0 Å². The van der Waals surface area contributed by atoms with Crippen LogP contribution in [0, 0.1) is 0 Å². The van der Waals surface area contributed by atoms with Gasteiger partial charge in [-0.2, -0.15) is 0 Å². The minimum absolute atomic E-state index is 0.357. The van der Waals surface area contributed by atoms with Crippen molar-refractivity contribution in [2.45, 2.75) is 18.9 Å². The molecule has 21 heavy (non-hydrogen) atoms. The van der Waals surface area contributed by atoms with E-state index in [9.17, 15) is 9.59 Å². The molecule has 4 nitrogen and oxygen atoms in total. The van der Waals surface area contributed by atoms with Crippen LogP contribution in [0.3, 0.4) is 0 Å². The van der Waals surface area contributed by atoms with Crippen LogP contribution in [-0.2, 0) is 21.5 Å². The molecule has 1 unspecified atom stereocenters. The average Bonchev–Trinajstić information content (AvgIpc) is 2.53. The summed E-state index contributed by atoms with van der Waals surface area (Å²) in [5, 5.41) is 2.78. The van der Waals surface area contributed by atoms with Crippen LogP contribution in [0.5, 0.6) is 0 Å². The molecule has 108 valence electrons. The summed E-state index contributed by atoms with van der Waals surface area (Å²) < 4.78 is 0. The van der Waals surface area contributed by atoms with E-state index in [1.54, 1.807) is 31.2 Å². The van der Waals surface area contributed by atoms with Gasteiger partial charge in [-0.05, 0) is 18.1 Å². The van der Waals surface area contributed by atoms with Gasteiger partial charge in [0.25, 0.3) is 0 Å². The van der Waals surface area contributed by atoms with Gasteiger partial charge in [0.15, 0.2) is 0 Å². The van der Waals surface area contributed by atoms with E-state index in [1.807, 2.05) is 36.4 Å². The second kappa shape index (κ2) is 6.22. The number of carbonyl (C=O) groups is 2. The quantitative estimate of drug-likeness (QED) is 0.820. The summed E-state index contributed by atoms with van der Waals surface area (Å²) in [7, 11) is 0. The fraction of sp³-hybridized carbons (Fsp3) is 0.176. The normalized spacial score (nSPS) is 13.2. The Kier molecular flexibility index (Phi) is 4.38. The highest BCUT2D eigenvalue weighted by Crippen LogP contribution is 2.23. The van der Waals surface area contributed by atoms with Crippen molar-refractivity contribution in [3.8, 4) is 0 Å². The highest BCUT2D eigenvalue weighted by atomic mass is 16.2. The molecule has 0 aliphatic heterocycles. The summed E-state index contributed by atoms with van der Waals surface area (Å²) in [4.78, 5) is 24.3. The summed E-state index contributed by atoms with van der Waals surface area (Å²) >= 11 is 0. The minimum atomic E-state index is -1.38. The van der Waals surface area contributed by atoms with Crippen LogP contribution in [0.2, 0.25) is 0 Å². The van der Waals surface area contributed by atoms with Gasteiger partial charge in [-0.1, -0.05) is 60.7 Å². The molecule has 0 spiro atoms. The van der Waals surface area contributed by atoms with Gasteiger partial charge in [-0.25, -0.2) is 0 Å². The standard InChI is InChI=1S/C17H18N2O2/c1-17(15(18)20,14-10-6-3-7-11-14)16(21)19-12-13-8-4-2-5-9-13/h2-11H,12H2,1H3,(H2,18,20)(H,19,21). The van der Waals surface area contributed by atoms with Gasteiger partial charge in [-0.3, -0.25) is 9.59 Å². The van der Waals surface area contributed by atoms with E-state index < -0.39 is 17.2 Å². The van der Waals surface area contributed by atoms with Crippen molar-refractivity contribution in [2.24, 2.45) is 5.73 Å². The molecule has 3 N–H and O–H groups in total. The number of nitrogens with one attached hydrogen (secondary N) is 1. The van der Waals surface area contributed by atoms with Crippen LogP contribution in [0.25, 0.3) is 0 Å². The van der Waals surface area contributed by atoms with Gasteiger partial charge < -0.3 is 11.1 Å². The second-order valence-corrected chi connectivity index (χ2v) is 5.02. The molecule has 1 atom stereocenters. The monoisotopic (exact) mass is 282 g/mol. The van der Waals surface area contributed by atoms with Crippen molar-refractivity contribution in [3.63, 3.8) is 0 Å². The van der Waals surface area contributed by atoms with E-state index in [-0.39, 0.29) is 0 Å². The van der Waals surface area contributed by atoms with E-state index >= 15 is 0 Å². The highest BCUT2D eigenvalue weighted by molar-refractivity contribution is 6.09. The number of carbonyl (C=O) groups excluding carboxylic acids is 2. The maximum atomic E-state index is 12.5. The van der Waals surface area contributed by atoms with Gasteiger partial charge in [0.2, 0.25) is 11.8 Å². The van der Waals surface area contributed by atoms with Crippen molar-refractivity contribution in [1.82, 2.24) is 5.32 Å². The Morgan fingerprint density at radius 2 is 1.52 bits per heavy atom. The zero-order chi connectivity index (χ0) is 15.3. The molecule has 2 aromatic carbocycles. The molecule has 0 aromatic heterocycles. The van der Waals surface area contributed by atoms with Gasteiger partial charge in [0.1, 0.15) is 5.41 Å². The Bertz CT molecular complexity index is 626. The van der Waals surface area contributed by atoms with Gasteiger partial charge in [0.05, 0.1) is 0 Å². The first-order valence-corrected chi connectivity index (χ1v) is 6.73. The van der Waals surface area contributed by atoms with Crippen LogP contribution < -0.4 is 11.1 Å². The third-order valence-corrected chi connectivity index (χ3v) is 3.59. The maximum Gasteiger partial charge on any atom is 0.240 e. The van der Waals surface area contributed by atoms with Crippen molar-refractivity contribution in [2.75, 3.05) is 0 Å². The average molecular weight is 282 g/mol. The topological polar surface area (TPSA) is 72.2 Å². The third-order valence-electron chi connectivity index (χ3n) is 3.59. The lowest BCUT2D eigenvalue weighted by Crippen LogP contribution is -2.50. The SMILES string of the molecule is CC(C(N)=O)(C(=O)NCc1ccccc1)c1ccccc1. The van der Waals surface area contributed by atoms with Crippen LogP contribution in [-0.4, -0.2) is 11.8 Å². The summed E-state index contributed by atoms with van der Waals surface area (Å²) in [5.74, 6) is -1.07. The Labute approximate surface area is 124 Å². The lowest BCUT2D eigenvalue weighted by Gasteiger charge is -2.25. The van der Waals surface area contributed by atoms with E-state index in [0.717, 1.165) is 5.56 Å². The molecule has 0 saturated heterocycles. The molecule has 2 rings (SSSR count). The largest absolute Gasteiger partial charge is 0.368 e. The first kappa shape index (κ1) is 14.8. The lowest BCUT2D eigenvalue weighted by atomic mass is 9.80. The summed E-state index contributed by atoms with van der Waals surface area (Å²) in [6.45, 7) is 1.90. The third kappa shape index (κ3) is 3.11. The first-order chi connectivity index (χ1) is 10.0. The number of benzene rings is 2. The number of rotatable bonds is 5. The summed E-state index contributed by atoms with van der Waals surface area (Å²) in [6, 6.07) is 18.4. The number of amides is 2. The van der Waals surface area contributed by atoms with Crippen molar-refractivity contribution >= 4 is 11.8 Å². The van der Waals surface area contributed by atoms with Crippen molar-refractivity contribution < 1.29 is 9.59 Å². The zero-order valence-electron chi connectivity index (χ0n) is 11.9. The number of nitrogens with two attached hydrogens (primary N) is 1. The predicted molar refractivity (Wildman–Crippen MR) is 81.3 cm³/mol. The summed E-state index contributed by atoms with van der Waals surface area (Å²) in [5.41, 5.74) is 5.64. The smallest absolute Gasteiger partial charge is 0.240 e. The highest BCUT2D eigenvalue weighted by Gasteiger charge is 2.41. The minimum Gasteiger partial charge on any atom is -0.368 e. The molecule has 0 bridgehead atoms. The van der Waals surface area contributed by atoms with Crippen LogP contribution in [0.15, 0.2) is 60.7 Å². The molecule has 4 heteroatoms. The van der Waals surface area contributed by atoms with Crippen molar-refractivity contribution in [1.29, 1.82) is 0 Å². The Balaban J connectivity index is 2.19. The molecule has 0 aliphatic carbocycles. The Morgan fingerprint density at radius 1 is 1.00 bits per heavy atom. The lowest BCUT2D eigenvalue weighted by molar-refractivity contribution is -0.135. The molecule has 2 aromatic rings. The Morgan fingerprint density at radius 3 is 2.05 bits per heavy atom. The molecule has 0 saturated carbocycles. The van der Waals surface area contributed by atoms with Crippen molar-refractivity contribution in [3.05, 3.63) is 71.8 Å². The molecular formula is C17H18N2O2. The number of hydrogen-bond donors (Lipinski definition) is 2. The fourth-order valence-corrected chi connectivity index (χ4v) is 2.11. The number of primary amides is 1. The predicted octanol–water partition coefficient (Wildman–Crippen LogP) is 1.75. The van der Waals surface area contributed by atoms with Crippen LogP contribution >= 0.6 is 0 Å². The van der Waals surface area contributed by atoms with E-state index in [0.29, 0.717) is 12.1 Å². The van der Waals surface area contributed by atoms with E-state index in [4.69, 9.17) is 5.73 Å². The molecule has 0 fully saturated rings. The number of hydrogen-bond acceptors (Lipinski definition) is 2. The second-order valence-electron chi connectivity index (χ2n) is 5.02. The molecular weight excluding hydrogens is 264 g/mol. The van der Waals surface area contributed by atoms with Gasteiger partial charge in [0, 0.05) is 6.54 Å². The molecule has 2 amide bonds. The van der Waals surface area contributed by atoms with E-state index in [2.05, 4.69) is 5.32 Å². The van der Waals surface area contributed by atoms with Crippen LogP contribution in [0.1, 0.15) is 18.1 Å². The van der Waals surface area contributed by atoms with E-state index in [1.165, 1.54) is 0 Å². The maximum absolute atomic E-state index is 12.5.